The largest absolute Gasteiger partial charge is 0.491 e. The smallest absolute Gasteiger partial charge is 0.246 e. The molecule has 1 atom stereocenters. The second-order valence-corrected chi connectivity index (χ2v) is 8.44. The molecule has 1 aromatic rings. The summed E-state index contributed by atoms with van der Waals surface area (Å²) < 4.78 is 33.8. The van der Waals surface area contributed by atoms with E-state index in [2.05, 4.69) is 0 Å². The zero-order valence-electron chi connectivity index (χ0n) is 14.5. The van der Waals surface area contributed by atoms with Crippen LogP contribution in [0.1, 0.15) is 18.9 Å². The molecule has 8 heteroatoms. The topological polar surface area (TPSA) is 72.9 Å². The van der Waals surface area contributed by atoms with Gasteiger partial charge in [-0.25, -0.2) is 8.42 Å². The Morgan fingerprint density at radius 2 is 2.16 bits per heavy atom. The summed E-state index contributed by atoms with van der Waals surface area (Å²) in [7, 11) is 0.0910. The number of benzene rings is 1. The first-order valence-electron chi connectivity index (χ1n) is 7.93. The molecule has 1 unspecified atom stereocenters. The van der Waals surface area contributed by atoms with E-state index in [9.17, 15) is 13.2 Å². The van der Waals surface area contributed by atoms with Gasteiger partial charge in [0.15, 0.2) is 21.3 Å². The summed E-state index contributed by atoms with van der Waals surface area (Å²) >= 11 is 6.18. The zero-order valence-corrected chi connectivity index (χ0v) is 16.1. The van der Waals surface area contributed by atoms with Gasteiger partial charge in [0.2, 0.25) is 5.91 Å². The highest BCUT2D eigenvalue weighted by atomic mass is 35.5. The van der Waals surface area contributed by atoms with Gasteiger partial charge in [0.05, 0.1) is 30.2 Å². The summed E-state index contributed by atoms with van der Waals surface area (Å²) in [6.45, 7) is 2.31. The number of rotatable bonds is 6. The van der Waals surface area contributed by atoms with Crippen molar-refractivity contribution in [2.75, 3.05) is 32.3 Å². The van der Waals surface area contributed by atoms with E-state index in [1.165, 1.54) is 18.1 Å². The number of hydrogen-bond donors (Lipinski definition) is 0. The van der Waals surface area contributed by atoms with Gasteiger partial charge in [-0.3, -0.25) is 4.79 Å². The Morgan fingerprint density at radius 3 is 2.72 bits per heavy atom. The lowest BCUT2D eigenvalue weighted by molar-refractivity contribution is -0.126. The molecule has 0 bridgehead atoms. The number of halogens is 1. The van der Waals surface area contributed by atoms with Crippen molar-refractivity contribution in [2.24, 2.45) is 0 Å². The summed E-state index contributed by atoms with van der Waals surface area (Å²) in [6, 6.07) is 3.13. The second-order valence-electron chi connectivity index (χ2n) is 5.81. The lowest BCUT2D eigenvalue weighted by atomic mass is 10.1. The molecule has 0 aromatic heterocycles. The number of carbonyl (C=O) groups excluding carboxylic acids is 1. The van der Waals surface area contributed by atoms with Gasteiger partial charge in [0.25, 0.3) is 0 Å². The second kappa shape index (κ2) is 8.10. The molecule has 2 rings (SSSR count). The van der Waals surface area contributed by atoms with E-state index >= 15 is 0 Å². The fourth-order valence-electron chi connectivity index (χ4n) is 2.69. The predicted molar refractivity (Wildman–Crippen MR) is 98.0 cm³/mol. The first kappa shape index (κ1) is 19.6. The average molecular weight is 388 g/mol. The van der Waals surface area contributed by atoms with Crippen LogP contribution < -0.4 is 9.47 Å². The molecule has 0 radical (unpaired) electrons. The molecule has 6 nitrogen and oxygen atoms in total. The Labute approximate surface area is 153 Å². The van der Waals surface area contributed by atoms with Crippen LogP contribution in [0.25, 0.3) is 6.08 Å². The minimum absolute atomic E-state index is 0.0198. The van der Waals surface area contributed by atoms with Crippen molar-refractivity contribution in [1.82, 2.24) is 4.90 Å². The number of amides is 1. The van der Waals surface area contributed by atoms with Crippen LogP contribution in [0.2, 0.25) is 5.02 Å². The monoisotopic (exact) mass is 387 g/mol. The highest BCUT2D eigenvalue weighted by Gasteiger charge is 2.32. The highest BCUT2D eigenvalue weighted by molar-refractivity contribution is 7.91. The number of methoxy groups -OCH3 is 1. The van der Waals surface area contributed by atoms with Gasteiger partial charge in [-0.15, -0.1) is 0 Å². The van der Waals surface area contributed by atoms with Gasteiger partial charge in [0, 0.05) is 19.2 Å². The molecule has 25 heavy (non-hydrogen) atoms. The van der Waals surface area contributed by atoms with Crippen LogP contribution in [-0.4, -0.2) is 57.5 Å². The third kappa shape index (κ3) is 4.89. The van der Waals surface area contributed by atoms with Gasteiger partial charge in [-0.05, 0) is 37.1 Å². The molecule has 1 aliphatic rings. The van der Waals surface area contributed by atoms with Gasteiger partial charge in [-0.1, -0.05) is 11.6 Å². The van der Waals surface area contributed by atoms with Crippen molar-refractivity contribution in [1.29, 1.82) is 0 Å². The van der Waals surface area contributed by atoms with E-state index in [4.69, 9.17) is 21.1 Å². The van der Waals surface area contributed by atoms with Crippen molar-refractivity contribution in [2.45, 2.75) is 19.4 Å². The van der Waals surface area contributed by atoms with Crippen molar-refractivity contribution >= 4 is 33.4 Å². The first-order chi connectivity index (χ1) is 11.8. The van der Waals surface area contributed by atoms with E-state index in [1.807, 2.05) is 6.92 Å². The van der Waals surface area contributed by atoms with Crippen molar-refractivity contribution in [3.63, 3.8) is 0 Å². The van der Waals surface area contributed by atoms with Crippen LogP contribution in [0.5, 0.6) is 11.5 Å². The molecule has 1 amide bonds. The number of hydrogen-bond acceptors (Lipinski definition) is 5. The van der Waals surface area contributed by atoms with Crippen LogP contribution in [0.15, 0.2) is 18.2 Å². The van der Waals surface area contributed by atoms with Gasteiger partial charge >= 0.3 is 0 Å². The van der Waals surface area contributed by atoms with Crippen LogP contribution >= 0.6 is 11.6 Å². The third-order valence-electron chi connectivity index (χ3n) is 4.06. The average Bonchev–Trinajstić information content (AvgIpc) is 2.92. The maximum absolute atomic E-state index is 12.3. The number of likely N-dealkylation sites (N-methyl/N-ethyl adjacent to an activating group) is 1. The number of carbonyl (C=O) groups is 1. The van der Waals surface area contributed by atoms with E-state index in [1.54, 1.807) is 25.3 Å². The maximum Gasteiger partial charge on any atom is 0.246 e. The quantitative estimate of drug-likeness (QED) is 0.701. The highest BCUT2D eigenvalue weighted by Crippen LogP contribution is 2.36. The van der Waals surface area contributed by atoms with Crippen molar-refractivity contribution in [3.8, 4) is 11.5 Å². The number of ether oxygens (including phenoxy) is 2. The van der Waals surface area contributed by atoms with E-state index in [0.29, 0.717) is 35.1 Å². The van der Waals surface area contributed by atoms with E-state index in [-0.39, 0.29) is 23.5 Å². The summed E-state index contributed by atoms with van der Waals surface area (Å²) in [4.78, 5) is 13.8. The molecule has 1 aliphatic heterocycles. The molecule has 1 saturated heterocycles. The first-order valence-corrected chi connectivity index (χ1v) is 10.1. The molecular formula is C17H22ClNO5S. The van der Waals surface area contributed by atoms with E-state index < -0.39 is 9.84 Å². The third-order valence-corrected chi connectivity index (χ3v) is 6.09. The molecule has 1 fully saturated rings. The SMILES string of the molecule is CCOc1cc(/C=C/C(=O)N(C)C2CCS(=O)(=O)C2)cc(Cl)c1OC. The van der Waals surface area contributed by atoms with Crippen molar-refractivity contribution in [3.05, 3.63) is 28.8 Å². The predicted octanol–water partition coefficient (Wildman–Crippen LogP) is 2.41. The molecule has 0 spiro atoms. The Morgan fingerprint density at radius 1 is 1.44 bits per heavy atom. The van der Waals surface area contributed by atoms with Crippen molar-refractivity contribution < 1.29 is 22.7 Å². The molecule has 138 valence electrons. The van der Waals surface area contributed by atoms with Gasteiger partial charge in [-0.2, -0.15) is 0 Å². The lowest BCUT2D eigenvalue weighted by Gasteiger charge is -2.21. The van der Waals surface area contributed by atoms with Crippen LogP contribution in [0.3, 0.4) is 0 Å². The fraction of sp³-hybridized carbons (Fsp3) is 0.471. The summed E-state index contributed by atoms with van der Waals surface area (Å²) in [5, 5.41) is 0.385. The number of sulfone groups is 1. The Kier molecular flexibility index (Phi) is 6.35. The van der Waals surface area contributed by atoms with Gasteiger partial charge in [0.1, 0.15) is 0 Å². The summed E-state index contributed by atoms with van der Waals surface area (Å²) in [5.41, 5.74) is 0.690. The summed E-state index contributed by atoms with van der Waals surface area (Å²) in [5.74, 6) is 0.837. The molecule has 0 N–H and O–H groups in total. The maximum atomic E-state index is 12.3. The molecule has 1 aromatic carbocycles. The Hall–Kier alpha value is -1.73. The summed E-state index contributed by atoms with van der Waals surface area (Å²) in [6.07, 6.45) is 3.50. The molecule has 1 heterocycles. The standard InChI is InChI=1S/C17H22ClNO5S/c1-4-24-15-10-12(9-14(18)17(15)23-3)5-6-16(20)19(2)13-7-8-25(21,22)11-13/h5-6,9-10,13H,4,7-8,11H2,1-3H3/b6-5+. The minimum Gasteiger partial charge on any atom is -0.491 e. The van der Waals surface area contributed by atoms with Gasteiger partial charge < -0.3 is 14.4 Å². The molecular weight excluding hydrogens is 366 g/mol. The Bertz CT molecular complexity index is 775. The number of nitrogens with zero attached hydrogens (tertiary/aromatic N) is 1. The lowest BCUT2D eigenvalue weighted by Crippen LogP contribution is -2.36. The zero-order chi connectivity index (χ0) is 18.6. The Balaban J connectivity index is 2.14. The normalized spacial score (nSPS) is 19.1. The van der Waals surface area contributed by atoms with E-state index in [0.717, 1.165) is 0 Å². The molecule has 0 saturated carbocycles. The molecule has 0 aliphatic carbocycles. The minimum atomic E-state index is -3.03. The van der Waals surface area contributed by atoms with Crippen LogP contribution in [0.4, 0.5) is 0 Å². The van der Waals surface area contributed by atoms with Crippen LogP contribution in [-0.2, 0) is 14.6 Å². The fourth-order valence-corrected chi connectivity index (χ4v) is 4.76. The van der Waals surface area contributed by atoms with Crippen LogP contribution in [0, 0.1) is 0 Å².